The molecule has 1 amide bonds. The second kappa shape index (κ2) is 6.81. The van der Waals surface area contributed by atoms with Crippen molar-refractivity contribution in [2.24, 2.45) is 5.10 Å². The summed E-state index contributed by atoms with van der Waals surface area (Å²) in [6, 6.07) is 9.96. The lowest BCUT2D eigenvalue weighted by Crippen LogP contribution is -2.16. The van der Waals surface area contributed by atoms with E-state index in [4.69, 9.17) is 4.74 Å². The van der Waals surface area contributed by atoms with Crippen molar-refractivity contribution in [3.63, 3.8) is 0 Å². The minimum Gasteiger partial charge on any atom is -0.494 e. The first-order valence-electron chi connectivity index (χ1n) is 6.00. The highest BCUT2D eigenvalue weighted by Gasteiger charge is 2.07. The molecule has 1 aromatic heterocycles. The summed E-state index contributed by atoms with van der Waals surface area (Å²) in [6.45, 7) is 2.53. The van der Waals surface area contributed by atoms with Crippen LogP contribution in [0.3, 0.4) is 0 Å². The molecule has 0 bridgehead atoms. The summed E-state index contributed by atoms with van der Waals surface area (Å²) in [5.74, 6) is 0.351. The van der Waals surface area contributed by atoms with E-state index in [1.165, 1.54) is 18.3 Å². The number of nitrogens with one attached hydrogen (secondary N) is 1. The highest BCUT2D eigenvalue weighted by atomic mass is 32.1. The standard InChI is InChI=1S/C14H13FN2O2S/c1-2-19-11-5-3-10(4-6-11)9-16-17-14(18)12-7-8-13(15)20-12/h3-9H,2H2,1H3,(H,17,18). The van der Waals surface area contributed by atoms with E-state index in [0.717, 1.165) is 22.6 Å². The number of rotatable bonds is 5. The number of nitrogens with zero attached hydrogens (tertiary/aromatic N) is 1. The molecule has 2 aromatic rings. The Kier molecular flexibility index (Phi) is 4.84. The second-order valence-corrected chi connectivity index (χ2v) is 4.84. The maximum absolute atomic E-state index is 12.8. The predicted octanol–water partition coefficient (Wildman–Crippen LogP) is 3.05. The fraction of sp³-hybridized carbons (Fsp3) is 0.143. The van der Waals surface area contributed by atoms with Crippen molar-refractivity contribution in [3.8, 4) is 5.75 Å². The highest BCUT2D eigenvalue weighted by molar-refractivity contribution is 7.12. The molecule has 0 saturated carbocycles. The monoisotopic (exact) mass is 292 g/mol. The Labute approximate surface area is 119 Å². The van der Waals surface area contributed by atoms with Crippen LogP contribution in [-0.2, 0) is 0 Å². The topological polar surface area (TPSA) is 50.7 Å². The zero-order valence-electron chi connectivity index (χ0n) is 10.8. The molecule has 0 aliphatic carbocycles. The molecule has 2 rings (SSSR count). The zero-order valence-corrected chi connectivity index (χ0v) is 11.6. The second-order valence-electron chi connectivity index (χ2n) is 3.80. The van der Waals surface area contributed by atoms with E-state index in [9.17, 15) is 9.18 Å². The number of amides is 1. The lowest BCUT2D eigenvalue weighted by atomic mass is 10.2. The lowest BCUT2D eigenvalue weighted by molar-refractivity contribution is 0.0959. The van der Waals surface area contributed by atoms with Crippen LogP contribution in [-0.4, -0.2) is 18.7 Å². The summed E-state index contributed by atoms with van der Waals surface area (Å²) in [5, 5.41) is 3.42. The molecule has 104 valence electrons. The number of hydrogen-bond donors (Lipinski definition) is 1. The van der Waals surface area contributed by atoms with Crippen LogP contribution in [0, 0.1) is 5.13 Å². The molecule has 0 aliphatic rings. The van der Waals surface area contributed by atoms with E-state index in [0.29, 0.717) is 6.61 Å². The Balaban J connectivity index is 1.91. The number of carbonyl (C=O) groups is 1. The third-order valence-electron chi connectivity index (χ3n) is 2.37. The fourth-order valence-electron chi connectivity index (χ4n) is 1.47. The molecule has 1 aromatic carbocycles. The van der Waals surface area contributed by atoms with Gasteiger partial charge in [0, 0.05) is 0 Å². The summed E-state index contributed by atoms with van der Waals surface area (Å²) >= 11 is 0.780. The van der Waals surface area contributed by atoms with Crippen LogP contribution in [0.2, 0.25) is 0 Å². The minimum atomic E-state index is -0.430. The maximum atomic E-state index is 12.8. The summed E-state index contributed by atoms with van der Waals surface area (Å²) < 4.78 is 18.1. The van der Waals surface area contributed by atoms with E-state index < -0.39 is 11.0 Å². The van der Waals surface area contributed by atoms with Gasteiger partial charge in [-0.05, 0) is 48.9 Å². The van der Waals surface area contributed by atoms with Crippen LogP contribution >= 0.6 is 11.3 Å². The van der Waals surface area contributed by atoms with Crippen LogP contribution < -0.4 is 10.2 Å². The molecule has 1 N–H and O–H groups in total. The Morgan fingerprint density at radius 2 is 2.10 bits per heavy atom. The third kappa shape index (κ3) is 3.89. The van der Waals surface area contributed by atoms with Crippen LogP contribution in [0.25, 0.3) is 0 Å². The summed E-state index contributed by atoms with van der Waals surface area (Å²) in [5.41, 5.74) is 3.17. The highest BCUT2D eigenvalue weighted by Crippen LogP contribution is 2.14. The molecule has 0 unspecified atom stereocenters. The smallest absolute Gasteiger partial charge is 0.281 e. The number of hydrazone groups is 1. The van der Waals surface area contributed by atoms with Crippen molar-refractivity contribution >= 4 is 23.5 Å². The van der Waals surface area contributed by atoms with E-state index in [1.807, 2.05) is 31.2 Å². The van der Waals surface area contributed by atoms with E-state index >= 15 is 0 Å². The number of carbonyl (C=O) groups excluding carboxylic acids is 1. The largest absolute Gasteiger partial charge is 0.494 e. The van der Waals surface area contributed by atoms with Crippen molar-refractivity contribution in [3.05, 3.63) is 52.0 Å². The Morgan fingerprint density at radius 1 is 1.35 bits per heavy atom. The average Bonchev–Trinajstić information content (AvgIpc) is 2.88. The first-order valence-corrected chi connectivity index (χ1v) is 6.82. The fourth-order valence-corrected chi connectivity index (χ4v) is 2.09. The van der Waals surface area contributed by atoms with Gasteiger partial charge in [0.25, 0.3) is 5.91 Å². The van der Waals surface area contributed by atoms with Crippen LogP contribution in [0.15, 0.2) is 41.5 Å². The molecule has 0 spiro atoms. The number of benzene rings is 1. The van der Waals surface area contributed by atoms with Crippen molar-refractivity contribution in [2.75, 3.05) is 6.61 Å². The summed E-state index contributed by atoms with van der Waals surface area (Å²) in [7, 11) is 0. The molecule has 0 radical (unpaired) electrons. The molecule has 6 heteroatoms. The lowest BCUT2D eigenvalue weighted by Gasteiger charge is -2.02. The van der Waals surface area contributed by atoms with Gasteiger partial charge in [-0.2, -0.15) is 9.49 Å². The van der Waals surface area contributed by atoms with Gasteiger partial charge in [-0.1, -0.05) is 0 Å². The molecular weight excluding hydrogens is 279 g/mol. The minimum absolute atomic E-state index is 0.284. The molecule has 0 aliphatic heterocycles. The van der Waals surface area contributed by atoms with Crippen molar-refractivity contribution < 1.29 is 13.9 Å². The number of halogens is 1. The number of hydrogen-bond acceptors (Lipinski definition) is 4. The van der Waals surface area contributed by atoms with Gasteiger partial charge in [-0.3, -0.25) is 4.79 Å². The van der Waals surface area contributed by atoms with Crippen molar-refractivity contribution in [2.45, 2.75) is 6.92 Å². The van der Waals surface area contributed by atoms with Gasteiger partial charge in [0.1, 0.15) is 5.75 Å². The number of thiophene rings is 1. The van der Waals surface area contributed by atoms with Crippen LogP contribution in [0.4, 0.5) is 4.39 Å². The van der Waals surface area contributed by atoms with Gasteiger partial charge >= 0.3 is 0 Å². The van der Waals surface area contributed by atoms with Crippen molar-refractivity contribution in [1.29, 1.82) is 0 Å². The Hall–Kier alpha value is -2.21. The van der Waals surface area contributed by atoms with Crippen molar-refractivity contribution in [1.82, 2.24) is 5.43 Å². The van der Waals surface area contributed by atoms with E-state index in [2.05, 4.69) is 10.5 Å². The molecule has 20 heavy (non-hydrogen) atoms. The summed E-state index contributed by atoms with van der Waals surface area (Å²) in [4.78, 5) is 11.9. The van der Waals surface area contributed by atoms with Crippen LogP contribution in [0.5, 0.6) is 5.75 Å². The Bertz CT molecular complexity index is 608. The van der Waals surface area contributed by atoms with Gasteiger partial charge in [0.05, 0.1) is 17.7 Å². The molecular formula is C14H13FN2O2S. The quantitative estimate of drug-likeness (QED) is 0.680. The maximum Gasteiger partial charge on any atom is 0.281 e. The zero-order chi connectivity index (χ0) is 14.4. The van der Waals surface area contributed by atoms with E-state index in [-0.39, 0.29) is 4.88 Å². The van der Waals surface area contributed by atoms with Gasteiger partial charge in [0.2, 0.25) is 0 Å². The van der Waals surface area contributed by atoms with Gasteiger partial charge in [-0.25, -0.2) is 5.43 Å². The molecule has 0 fully saturated rings. The molecule has 0 saturated heterocycles. The van der Waals surface area contributed by atoms with Gasteiger partial charge in [-0.15, -0.1) is 11.3 Å². The summed E-state index contributed by atoms with van der Waals surface area (Å²) in [6.07, 6.45) is 1.51. The molecule has 0 atom stereocenters. The third-order valence-corrected chi connectivity index (χ3v) is 3.24. The molecule has 4 nitrogen and oxygen atoms in total. The normalized spacial score (nSPS) is 10.7. The Morgan fingerprint density at radius 3 is 2.70 bits per heavy atom. The van der Waals surface area contributed by atoms with Gasteiger partial charge < -0.3 is 4.74 Å². The van der Waals surface area contributed by atoms with Gasteiger partial charge in [0.15, 0.2) is 5.13 Å². The SMILES string of the molecule is CCOc1ccc(C=NNC(=O)c2ccc(F)s2)cc1. The van der Waals surface area contributed by atoms with E-state index in [1.54, 1.807) is 0 Å². The first kappa shape index (κ1) is 14.2. The predicted molar refractivity (Wildman–Crippen MR) is 76.9 cm³/mol. The average molecular weight is 292 g/mol. The number of ether oxygens (including phenoxy) is 1. The molecule has 1 heterocycles. The first-order chi connectivity index (χ1) is 9.69. The van der Waals surface area contributed by atoms with Crippen LogP contribution in [0.1, 0.15) is 22.2 Å².